The van der Waals surface area contributed by atoms with Crippen LogP contribution in [0.5, 0.6) is 0 Å². The van der Waals surface area contributed by atoms with Crippen LogP contribution in [0.25, 0.3) is 0 Å². The standard InChI is InChI=1S/C18H10F26N2O2S2/c19-7(20,9(23,24)11(27,28)13(31,32)15(35,36)17(39,40)41)1-3-49-5(45-47)6(46-48)50-4-2-8(21,22)10(25,26)12(29,30)14(33,34)16(37,38)18(42,43)44/h47-48H,1-4H2/b45-5+,46-6+. The fourth-order valence-corrected chi connectivity index (χ4v) is 4.64. The van der Waals surface area contributed by atoms with Crippen LogP contribution in [0.15, 0.2) is 10.3 Å². The number of nitrogens with zero attached hydrogens (tertiary/aromatic N) is 2. The van der Waals surface area contributed by atoms with Crippen LogP contribution < -0.4 is 0 Å². The van der Waals surface area contributed by atoms with E-state index in [1.165, 1.54) is 0 Å². The lowest BCUT2D eigenvalue weighted by Crippen LogP contribution is -2.70. The van der Waals surface area contributed by atoms with Crippen LogP contribution in [0.4, 0.5) is 114 Å². The second-order valence-electron chi connectivity index (χ2n) is 9.01. The number of oxime groups is 2. The molecule has 0 radical (unpaired) electrons. The highest BCUT2D eigenvalue weighted by atomic mass is 32.2. The molecule has 0 amide bonds. The Bertz CT molecular complexity index is 1150. The van der Waals surface area contributed by atoms with Crippen LogP contribution in [0.3, 0.4) is 0 Å². The number of hydrogen-bond acceptors (Lipinski definition) is 6. The number of halogens is 26. The van der Waals surface area contributed by atoms with E-state index in [2.05, 4.69) is 0 Å². The fraction of sp³-hybridized carbons (Fsp3) is 0.889. The van der Waals surface area contributed by atoms with Gasteiger partial charge in [-0.25, -0.2) is 0 Å². The van der Waals surface area contributed by atoms with E-state index in [9.17, 15) is 114 Å². The van der Waals surface area contributed by atoms with Gasteiger partial charge < -0.3 is 10.4 Å². The third-order valence-electron chi connectivity index (χ3n) is 5.67. The van der Waals surface area contributed by atoms with E-state index >= 15 is 0 Å². The van der Waals surface area contributed by atoms with Gasteiger partial charge in [0.05, 0.1) is 0 Å². The lowest BCUT2D eigenvalue weighted by atomic mass is 9.93. The molecule has 0 rings (SSSR count). The van der Waals surface area contributed by atoms with Gasteiger partial charge >= 0.3 is 71.6 Å². The predicted octanol–water partition coefficient (Wildman–Crippen LogP) is 10.3. The van der Waals surface area contributed by atoms with Crippen LogP contribution in [-0.4, -0.2) is 104 Å². The Morgan fingerprint density at radius 1 is 0.340 bits per heavy atom. The first kappa shape index (κ1) is 47.8. The SMILES string of the molecule is O/N=C(SCCC(F)(F)C(F)(F)C(F)(F)C(F)(F)C(F)(F)C(F)(F)F)\C(=N/O)SCCC(F)(F)C(F)(F)C(F)(F)C(F)(F)C(F)(F)C(F)(F)F. The molecule has 32 heteroatoms. The summed E-state index contributed by atoms with van der Waals surface area (Å²) >= 11 is -1.66. The van der Waals surface area contributed by atoms with Crippen molar-refractivity contribution in [3.05, 3.63) is 0 Å². The maximum Gasteiger partial charge on any atom is 0.460 e. The van der Waals surface area contributed by atoms with Gasteiger partial charge in [-0.1, -0.05) is 33.8 Å². The average Bonchev–Trinajstić information content (AvgIpc) is 2.91. The van der Waals surface area contributed by atoms with Crippen molar-refractivity contribution in [1.82, 2.24) is 0 Å². The summed E-state index contributed by atoms with van der Waals surface area (Å²) in [7, 11) is 0. The van der Waals surface area contributed by atoms with Crippen molar-refractivity contribution >= 4 is 33.6 Å². The molecular formula is C18H10F26N2O2S2. The molecule has 50 heavy (non-hydrogen) atoms. The minimum absolute atomic E-state index is 0.829. The summed E-state index contributed by atoms with van der Waals surface area (Å²) in [5.41, 5.74) is 0. The lowest BCUT2D eigenvalue weighted by Gasteiger charge is -2.39. The van der Waals surface area contributed by atoms with Gasteiger partial charge in [0.15, 0.2) is 10.1 Å². The highest BCUT2D eigenvalue weighted by Crippen LogP contribution is 2.62. The predicted molar refractivity (Wildman–Crippen MR) is 114 cm³/mol. The lowest BCUT2D eigenvalue weighted by molar-refractivity contribution is -0.439. The van der Waals surface area contributed by atoms with Gasteiger partial charge in [0.25, 0.3) is 0 Å². The molecular weight excluding hydrogens is 834 g/mol. The Morgan fingerprint density at radius 3 is 0.720 bits per heavy atom. The third-order valence-corrected chi connectivity index (χ3v) is 7.71. The topological polar surface area (TPSA) is 65.2 Å². The molecule has 0 spiro atoms. The molecule has 0 fully saturated rings. The molecule has 0 saturated heterocycles. The Hall–Kier alpha value is -2.18. The summed E-state index contributed by atoms with van der Waals surface area (Å²) in [4.78, 5) is 0. The van der Waals surface area contributed by atoms with Crippen LogP contribution in [0.1, 0.15) is 12.8 Å². The molecule has 0 heterocycles. The van der Waals surface area contributed by atoms with Crippen molar-refractivity contribution in [3.8, 4) is 0 Å². The summed E-state index contributed by atoms with van der Waals surface area (Å²) in [6.07, 6.45) is -21.5. The molecule has 298 valence electrons. The van der Waals surface area contributed by atoms with Crippen LogP contribution in [-0.2, 0) is 0 Å². The second-order valence-corrected chi connectivity index (χ2v) is 11.2. The molecule has 0 aromatic rings. The monoisotopic (exact) mass is 844 g/mol. The maximum absolute atomic E-state index is 13.8. The summed E-state index contributed by atoms with van der Waals surface area (Å²) in [5.74, 6) is -82.3. The van der Waals surface area contributed by atoms with Crippen LogP contribution in [0.2, 0.25) is 0 Å². The number of thioether (sulfide) groups is 2. The Labute approximate surface area is 265 Å². The molecule has 0 aliphatic rings. The smallest absolute Gasteiger partial charge is 0.410 e. The van der Waals surface area contributed by atoms with E-state index in [0.29, 0.717) is 0 Å². The van der Waals surface area contributed by atoms with Crippen LogP contribution in [0, 0.1) is 0 Å². The number of rotatable bonds is 14. The van der Waals surface area contributed by atoms with Gasteiger partial charge in [-0.3, -0.25) is 0 Å². The van der Waals surface area contributed by atoms with E-state index < -0.39 is 130 Å². The molecule has 0 aromatic carbocycles. The van der Waals surface area contributed by atoms with Crippen molar-refractivity contribution < 1.29 is 125 Å². The molecule has 0 aliphatic carbocycles. The maximum atomic E-state index is 13.8. The van der Waals surface area contributed by atoms with Gasteiger partial charge in [0.2, 0.25) is 0 Å². The van der Waals surface area contributed by atoms with Crippen LogP contribution >= 0.6 is 23.5 Å². The average molecular weight is 844 g/mol. The first-order chi connectivity index (χ1) is 21.6. The van der Waals surface area contributed by atoms with Gasteiger partial charge in [-0.15, -0.1) is 0 Å². The molecule has 0 unspecified atom stereocenters. The van der Waals surface area contributed by atoms with Crippen molar-refractivity contribution in [1.29, 1.82) is 0 Å². The van der Waals surface area contributed by atoms with E-state index in [-0.39, 0.29) is 0 Å². The minimum atomic E-state index is -8.28. The zero-order valence-electron chi connectivity index (χ0n) is 22.3. The largest absolute Gasteiger partial charge is 0.460 e. The zero-order valence-corrected chi connectivity index (χ0v) is 23.9. The Morgan fingerprint density at radius 2 is 0.540 bits per heavy atom. The van der Waals surface area contributed by atoms with Gasteiger partial charge in [0.1, 0.15) is 0 Å². The third kappa shape index (κ3) is 7.63. The number of alkyl halides is 26. The minimum Gasteiger partial charge on any atom is -0.410 e. The van der Waals surface area contributed by atoms with E-state index in [0.717, 1.165) is 0 Å². The zero-order chi connectivity index (χ0) is 40.8. The Balaban J connectivity index is 5.95. The first-order valence-electron chi connectivity index (χ1n) is 11.2. The molecule has 2 N–H and O–H groups in total. The van der Waals surface area contributed by atoms with Crippen molar-refractivity contribution in [2.45, 2.75) is 84.4 Å². The fourth-order valence-electron chi connectivity index (χ4n) is 2.74. The molecule has 0 atom stereocenters. The normalized spacial score (nSPS) is 16.7. The van der Waals surface area contributed by atoms with Gasteiger partial charge in [-0.05, 0) is 0 Å². The first-order valence-corrected chi connectivity index (χ1v) is 13.2. The van der Waals surface area contributed by atoms with E-state index in [1.54, 1.807) is 0 Å². The van der Waals surface area contributed by atoms with E-state index in [4.69, 9.17) is 10.4 Å². The molecule has 0 bridgehead atoms. The summed E-state index contributed by atoms with van der Waals surface area (Å²) in [5, 5.41) is 18.0. The molecule has 0 aromatic heterocycles. The highest BCUT2D eigenvalue weighted by molar-refractivity contribution is 8.25. The summed E-state index contributed by atoms with van der Waals surface area (Å²) < 4.78 is 341. The Kier molecular flexibility index (Phi) is 13.4. The van der Waals surface area contributed by atoms with E-state index in [1.807, 2.05) is 10.3 Å². The van der Waals surface area contributed by atoms with Gasteiger partial charge in [-0.2, -0.15) is 114 Å². The second kappa shape index (κ2) is 14.0. The van der Waals surface area contributed by atoms with Crippen molar-refractivity contribution in [2.24, 2.45) is 10.3 Å². The molecule has 0 saturated carbocycles. The van der Waals surface area contributed by atoms with Crippen molar-refractivity contribution in [3.63, 3.8) is 0 Å². The number of hydrogen-bond donors (Lipinski definition) is 2. The van der Waals surface area contributed by atoms with Gasteiger partial charge in [0, 0.05) is 24.3 Å². The molecule has 0 aliphatic heterocycles. The highest BCUT2D eigenvalue weighted by Gasteiger charge is 2.92. The quantitative estimate of drug-likeness (QED) is 0.0601. The summed E-state index contributed by atoms with van der Waals surface area (Å²) in [6.45, 7) is 0. The molecule has 4 nitrogen and oxygen atoms in total. The van der Waals surface area contributed by atoms with Crippen molar-refractivity contribution in [2.75, 3.05) is 11.5 Å². The summed E-state index contributed by atoms with van der Waals surface area (Å²) in [6, 6.07) is 0.